The van der Waals surface area contributed by atoms with Crippen LogP contribution in [0.15, 0.2) is 0 Å². The summed E-state index contributed by atoms with van der Waals surface area (Å²) in [5.41, 5.74) is 6.03. The highest BCUT2D eigenvalue weighted by atomic mass is 16.5. The number of hydrogen-bond donors (Lipinski definition) is 1. The maximum atomic E-state index is 12.4. The molecule has 0 aliphatic carbocycles. The van der Waals surface area contributed by atoms with E-state index in [-0.39, 0.29) is 30.0 Å². The summed E-state index contributed by atoms with van der Waals surface area (Å²) < 4.78 is 5.59. The van der Waals surface area contributed by atoms with Crippen molar-refractivity contribution in [3.63, 3.8) is 0 Å². The number of ether oxygens (including phenoxy) is 1. The first kappa shape index (κ1) is 14.5. The van der Waals surface area contributed by atoms with E-state index in [0.29, 0.717) is 13.2 Å². The van der Waals surface area contributed by atoms with Crippen molar-refractivity contribution < 1.29 is 9.53 Å². The number of rotatable bonds is 4. The van der Waals surface area contributed by atoms with E-state index >= 15 is 0 Å². The smallest absolute Gasteiger partial charge is 0.240 e. The van der Waals surface area contributed by atoms with Gasteiger partial charge in [-0.1, -0.05) is 27.2 Å². The minimum atomic E-state index is -0.376. The number of morpholine rings is 1. The second-order valence-electron chi connectivity index (χ2n) is 5.11. The van der Waals surface area contributed by atoms with E-state index in [4.69, 9.17) is 10.5 Å². The molecular weight excluding hydrogens is 216 g/mol. The number of carbonyl (C=O) groups excluding carboxylic acids is 1. The van der Waals surface area contributed by atoms with Crippen molar-refractivity contribution in [1.29, 1.82) is 0 Å². The van der Waals surface area contributed by atoms with Gasteiger partial charge in [0.1, 0.15) is 0 Å². The first-order chi connectivity index (χ1) is 8.01. The maximum Gasteiger partial charge on any atom is 0.240 e. The maximum absolute atomic E-state index is 12.4. The van der Waals surface area contributed by atoms with Gasteiger partial charge in [-0.25, -0.2) is 0 Å². The Morgan fingerprint density at radius 1 is 1.53 bits per heavy atom. The molecule has 17 heavy (non-hydrogen) atoms. The van der Waals surface area contributed by atoms with Crippen LogP contribution in [0.4, 0.5) is 0 Å². The van der Waals surface area contributed by atoms with Gasteiger partial charge in [-0.15, -0.1) is 0 Å². The molecule has 0 spiro atoms. The molecule has 1 aliphatic heterocycles. The first-order valence-electron chi connectivity index (χ1n) is 6.68. The van der Waals surface area contributed by atoms with E-state index in [1.807, 2.05) is 18.7 Å². The van der Waals surface area contributed by atoms with Crippen LogP contribution in [-0.4, -0.2) is 42.1 Å². The Bertz CT molecular complexity index is 258. The van der Waals surface area contributed by atoms with Crippen LogP contribution in [0.25, 0.3) is 0 Å². The summed E-state index contributed by atoms with van der Waals surface area (Å²) in [5.74, 6) is 0.319. The van der Waals surface area contributed by atoms with Crippen molar-refractivity contribution in [2.75, 3.05) is 13.2 Å². The minimum Gasteiger partial charge on any atom is -0.375 e. The molecule has 0 aromatic carbocycles. The Kier molecular flexibility index (Phi) is 5.40. The lowest BCUT2D eigenvalue weighted by atomic mass is 9.97. The molecule has 0 saturated carbocycles. The average Bonchev–Trinajstić information content (AvgIpc) is 2.35. The quantitative estimate of drug-likeness (QED) is 0.810. The second-order valence-corrected chi connectivity index (χ2v) is 5.11. The van der Waals surface area contributed by atoms with Crippen LogP contribution in [0.2, 0.25) is 0 Å². The van der Waals surface area contributed by atoms with Gasteiger partial charge >= 0.3 is 0 Å². The van der Waals surface area contributed by atoms with E-state index in [1.54, 1.807) is 0 Å². The lowest BCUT2D eigenvalue weighted by Gasteiger charge is -2.40. The number of nitrogens with zero attached hydrogens (tertiary/aromatic N) is 1. The van der Waals surface area contributed by atoms with Crippen LogP contribution < -0.4 is 5.73 Å². The molecule has 1 aliphatic rings. The molecule has 1 amide bonds. The predicted molar refractivity (Wildman–Crippen MR) is 68.6 cm³/mol. The standard InChI is InChI=1S/C13H26N2O2/c1-5-9(3)12(14)13(16)15-7-10(4)17-8-11(15)6-2/h9-12H,5-8,14H2,1-4H3/t9?,10?,11?,12-/m0/s1. The monoisotopic (exact) mass is 242 g/mol. The zero-order valence-electron chi connectivity index (χ0n) is 11.5. The fourth-order valence-electron chi connectivity index (χ4n) is 2.14. The van der Waals surface area contributed by atoms with Gasteiger partial charge in [0.05, 0.1) is 24.8 Å². The molecule has 1 fully saturated rings. The summed E-state index contributed by atoms with van der Waals surface area (Å²) in [6.07, 6.45) is 1.97. The summed E-state index contributed by atoms with van der Waals surface area (Å²) in [6.45, 7) is 9.49. The number of hydrogen-bond acceptors (Lipinski definition) is 3. The molecule has 0 bridgehead atoms. The SMILES string of the molecule is CCC(C)[C@H](N)C(=O)N1CC(C)OCC1CC. The van der Waals surface area contributed by atoms with Crippen molar-refractivity contribution in [2.45, 2.75) is 58.7 Å². The van der Waals surface area contributed by atoms with Gasteiger partial charge in [0, 0.05) is 6.54 Å². The fourth-order valence-corrected chi connectivity index (χ4v) is 2.14. The van der Waals surface area contributed by atoms with E-state index < -0.39 is 0 Å². The molecule has 2 N–H and O–H groups in total. The zero-order valence-corrected chi connectivity index (χ0v) is 11.5. The van der Waals surface area contributed by atoms with Crippen molar-refractivity contribution in [3.8, 4) is 0 Å². The number of nitrogens with two attached hydrogens (primary N) is 1. The number of amides is 1. The van der Waals surface area contributed by atoms with Crippen molar-refractivity contribution in [3.05, 3.63) is 0 Å². The molecule has 1 saturated heterocycles. The van der Waals surface area contributed by atoms with E-state index in [2.05, 4.69) is 13.8 Å². The third-order valence-corrected chi connectivity index (χ3v) is 3.76. The molecule has 4 heteroatoms. The van der Waals surface area contributed by atoms with E-state index in [0.717, 1.165) is 12.8 Å². The molecule has 1 heterocycles. The summed E-state index contributed by atoms with van der Waals surface area (Å²) in [4.78, 5) is 14.3. The molecule has 0 aromatic rings. The molecule has 100 valence electrons. The topological polar surface area (TPSA) is 55.6 Å². The molecule has 0 radical (unpaired) electrons. The Morgan fingerprint density at radius 2 is 2.18 bits per heavy atom. The summed E-state index contributed by atoms with van der Waals surface area (Å²) >= 11 is 0. The molecule has 1 rings (SSSR count). The third kappa shape index (κ3) is 3.42. The summed E-state index contributed by atoms with van der Waals surface area (Å²) in [5, 5.41) is 0. The van der Waals surface area contributed by atoms with Gasteiger partial charge in [-0.2, -0.15) is 0 Å². The van der Waals surface area contributed by atoms with Crippen LogP contribution in [0.3, 0.4) is 0 Å². The molecule has 3 unspecified atom stereocenters. The Hall–Kier alpha value is -0.610. The van der Waals surface area contributed by atoms with Gasteiger partial charge in [-0.3, -0.25) is 4.79 Å². The van der Waals surface area contributed by atoms with Gasteiger partial charge in [0.25, 0.3) is 0 Å². The third-order valence-electron chi connectivity index (χ3n) is 3.76. The average molecular weight is 242 g/mol. The van der Waals surface area contributed by atoms with E-state index in [1.165, 1.54) is 0 Å². The minimum absolute atomic E-state index is 0.0846. The van der Waals surface area contributed by atoms with Crippen LogP contribution in [0.5, 0.6) is 0 Å². The Labute approximate surface area is 104 Å². The van der Waals surface area contributed by atoms with Crippen LogP contribution in [-0.2, 0) is 9.53 Å². The Balaban J connectivity index is 2.70. The lowest BCUT2D eigenvalue weighted by molar-refractivity contribution is -0.146. The predicted octanol–water partition coefficient (Wildman–Crippen LogP) is 1.39. The summed E-state index contributed by atoms with van der Waals surface area (Å²) in [7, 11) is 0. The van der Waals surface area contributed by atoms with Gasteiger partial charge in [0.2, 0.25) is 5.91 Å². The largest absolute Gasteiger partial charge is 0.375 e. The first-order valence-corrected chi connectivity index (χ1v) is 6.68. The lowest BCUT2D eigenvalue weighted by Crippen LogP contribution is -2.57. The van der Waals surface area contributed by atoms with Crippen molar-refractivity contribution in [2.24, 2.45) is 11.7 Å². The molecule has 4 atom stereocenters. The normalized spacial score (nSPS) is 28.9. The fraction of sp³-hybridized carbons (Fsp3) is 0.923. The van der Waals surface area contributed by atoms with Crippen LogP contribution in [0.1, 0.15) is 40.5 Å². The van der Waals surface area contributed by atoms with Gasteiger partial charge < -0.3 is 15.4 Å². The van der Waals surface area contributed by atoms with E-state index in [9.17, 15) is 4.79 Å². The molecule has 0 aromatic heterocycles. The number of carbonyl (C=O) groups is 1. The highest BCUT2D eigenvalue weighted by Gasteiger charge is 2.33. The highest BCUT2D eigenvalue weighted by Crippen LogP contribution is 2.18. The molecule has 4 nitrogen and oxygen atoms in total. The second kappa shape index (κ2) is 6.36. The van der Waals surface area contributed by atoms with Crippen LogP contribution in [0, 0.1) is 5.92 Å². The van der Waals surface area contributed by atoms with Crippen molar-refractivity contribution >= 4 is 5.91 Å². The van der Waals surface area contributed by atoms with Gasteiger partial charge in [-0.05, 0) is 19.3 Å². The zero-order chi connectivity index (χ0) is 13.0. The van der Waals surface area contributed by atoms with Gasteiger partial charge in [0.15, 0.2) is 0 Å². The highest BCUT2D eigenvalue weighted by molar-refractivity contribution is 5.82. The summed E-state index contributed by atoms with van der Waals surface area (Å²) in [6, 6.07) is -0.187. The molecular formula is C13H26N2O2. The Morgan fingerprint density at radius 3 is 2.71 bits per heavy atom. The van der Waals surface area contributed by atoms with Crippen LogP contribution >= 0.6 is 0 Å². The van der Waals surface area contributed by atoms with Crippen molar-refractivity contribution in [1.82, 2.24) is 4.90 Å².